The summed E-state index contributed by atoms with van der Waals surface area (Å²) in [6, 6.07) is 7.90. The van der Waals surface area contributed by atoms with Crippen molar-refractivity contribution in [1.82, 2.24) is 4.98 Å². The first-order chi connectivity index (χ1) is 10.1. The Hall–Kier alpha value is -1.23. The standard InChI is InChI=1S/C17H24N2O2.2ClH/c1-2-3-4-7-10-17(18,16(20)21)11-13-12-19-15-9-6-5-8-14(13)15;;/h5-6,8-9,12,19H,2-4,7,10-11,18H2,1H3,(H,20,21);2*1H. The van der Waals surface area contributed by atoms with Crippen molar-refractivity contribution in [1.29, 1.82) is 0 Å². The van der Waals surface area contributed by atoms with Crippen LogP contribution in [0.5, 0.6) is 0 Å². The van der Waals surface area contributed by atoms with E-state index in [2.05, 4.69) is 11.9 Å². The molecule has 1 heterocycles. The van der Waals surface area contributed by atoms with Crippen LogP contribution in [-0.4, -0.2) is 21.6 Å². The molecule has 1 aromatic carbocycles. The number of aromatic nitrogens is 1. The number of aromatic amines is 1. The number of para-hydroxylation sites is 1. The van der Waals surface area contributed by atoms with E-state index in [4.69, 9.17) is 5.73 Å². The van der Waals surface area contributed by atoms with E-state index < -0.39 is 11.5 Å². The normalized spacial score (nSPS) is 13.0. The van der Waals surface area contributed by atoms with E-state index in [1.54, 1.807) is 0 Å². The smallest absolute Gasteiger partial charge is 0.324 e. The Morgan fingerprint density at radius 1 is 1.22 bits per heavy atom. The molecule has 130 valence electrons. The second kappa shape index (κ2) is 9.81. The lowest BCUT2D eigenvalue weighted by molar-refractivity contribution is -0.143. The zero-order valence-electron chi connectivity index (χ0n) is 13.4. The summed E-state index contributed by atoms with van der Waals surface area (Å²) < 4.78 is 0. The maximum Gasteiger partial charge on any atom is 0.324 e. The number of aliphatic carboxylic acids is 1. The van der Waals surface area contributed by atoms with Crippen molar-refractivity contribution in [2.45, 2.75) is 51.0 Å². The summed E-state index contributed by atoms with van der Waals surface area (Å²) in [6.07, 6.45) is 6.91. The number of nitrogens with one attached hydrogen (secondary N) is 1. The molecule has 2 rings (SSSR count). The summed E-state index contributed by atoms with van der Waals surface area (Å²) in [7, 11) is 0. The summed E-state index contributed by atoms with van der Waals surface area (Å²) in [4.78, 5) is 14.8. The number of halogens is 2. The van der Waals surface area contributed by atoms with Gasteiger partial charge in [0.25, 0.3) is 0 Å². The summed E-state index contributed by atoms with van der Waals surface area (Å²) in [5.41, 5.74) is 7.01. The lowest BCUT2D eigenvalue weighted by atomic mass is 9.86. The van der Waals surface area contributed by atoms with Gasteiger partial charge in [-0.05, 0) is 18.1 Å². The lowest BCUT2D eigenvalue weighted by Gasteiger charge is -2.24. The zero-order valence-corrected chi connectivity index (χ0v) is 15.0. The number of unbranched alkanes of at least 4 members (excludes halogenated alkanes) is 3. The van der Waals surface area contributed by atoms with Gasteiger partial charge in [0.2, 0.25) is 0 Å². The number of hydrogen-bond acceptors (Lipinski definition) is 2. The minimum Gasteiger partial charge on any atom is -0.480 e. The van der Waals surface area contributed by atoms with E-state index in [1.165, 1.54) is 0 Å². The van der Waals surface area contributed by atoms with Crippen LogP contribution in [-0.2, 0) is 11.2 Å². The Morgan fingerprint density at radius 2 is 1.91 bits per heavy atom. The van der Waals surface area contributed by atoms with Crippen LogP contribution in [0.15, 0.2) is 30.5 Å². The number of nitrogens with two attached hydrogens (primary N) is 1. The fourth-order valence-corrected chi connectivity index (χ4v) is 2.76. The average molecular weight is 361 g/mol. The summed E-state index contributed by atoms with van der Waals surface area (Å²) in [5.74, 6) is -0.913. The summed E-state index contributed by atoms with van der Waals surface area (Å²) in [5, 5.41) is 10.6. The number of hydrogen-bond donors (Lipinski definition) is 3. The molecule has 23 heavy (non-hydrogen) atoms. The highest BCUT2D eigenvalue weighted by atomic mass is 35.5. The Morgan fingerprint density at radius 3 is 2.57 bits per heavy atom. The summed E-state index contributed by atoms with van der Waals surface area (Å²) in [6.45, 7) is 2.14. The maximum absolute atomic E-state index is 11.6. The highest BCUT2D eigenvalue weighted by molar-refractivity contribution is 5.86. The van der Waals surface area contributed by atoms with Gasteiger partial charge in [0, 0.05) is 23.5 Å². The first kappa shape index (κ1) is 21.8. The molecular formula is C17H26Cl2N2O2. The van der Waals surface area contributed by atoms with Crippen molar-refractivity contribution >= 4 is 41.7 Å². The first-order valence-electron chi connectivity index (χ1n) is 7.64. The molecule has 2 aromatic rings. The van der Waals surface area contributed by atoms with Gasteiger partial charge in [-0.15, -0.1) is 24.8 Å². The molecule has 0 saturated heterocycles. The van der Waals surface area contributed by atoms with Gasteiger partial charge in [-0.25, -0.2) is 0 Å². The van der Waals surface area contributed by atoms with Crippen molar-refractivity contribution in [3.05, 3.63) is 36.0 Å². The van der Waals surface area contributed by atoms with Gasteiger partial charge in [0.1, 0.15) is 5.54 Å². The monoisotopic (exact) mass is 360 g/mol. The molecule has 0 fully saturated rings. The molecule has 0 radical (unpaired) electrons. The molecule has 0 aliphatic rings. The molecule has 4 N–H and O–H groups in total. The molecular weight excluding hydrogens is 335 g/mol. The zero-order chi connectivity index (χ0) is 15.3. The van der Waals surface area contributed by atoms with Gasteiger partial charge in [0.05, 0.1) is 0 Å². The number of carboxylic acids is 1. The van der Waals surface area contributed by atoms with Crippen molar-refractivity contribution in [3.63, 3.8) is 0 Å². The quantitative estimate of drug-likeness (QED) is 0.613. The molecule has 1 aromatic heterocycles. The largest absolute Gasteiger partial charge is 0.480 e. The topological polar surface area (TPSA) is 79.1 Å². The number of carbonyl (C=O) groups is 1. The Labute approximate surface area is 149 Å². The Bertz CT molecular complexity index is 615. The third-order valence-electron chi connectivity index (χ3n) is 4.08. The SMILES string of the molecule is CCCCCCC(N)(Cc1c[nH]c2ccccc12)C(=O)O.Cl.Cl. The molecule has 0 aliphatic carbocycles. The van der Waals surface area contributed by atoms with Crippen LogP contribution in [0.3, 0.4) is 0 Å². The van der Waals surface area contributed by atoms with Gasteiger partial charge in [0.15, 0.2) is 0 Å². The van der Waals surface area contributed by atoms with Crippen LogP contribution in [0.4, 0.5) is 0 Å². The fraction of sp³-hybridized carbons (Fsp3) is 0.471. The van der Waals surface area contributed by atoms with Crippen molar-refractivity contribution in [3.8, 4) is 0 Å². The Balaban J connectivity index is 0.00000242. The second-order valence-electron chi connectivity index (χ2n) is 5.81. The number of fused-ring (bicyclic) bond motifs is 1. The van der Waals surface area contributed by atoms with Crippen LogP contribution >= 0.6 is 24.8 Å². The minimum absolute atomic E-state index is 0. The van der Waals surface area contributed by atoms with Crippen molar-refractivity contribution < 1.29 is 9.90 Å². The third kappa shape index (κ3) is 5.41. The van der Waals surface area contributed by atoms with Crippen LogP contribution in [0.1, 0.15) is 44.6 Å². The van der Waals surface area contributed by atoms with E-state index in [1.807, 2.05) is 30.5 Å². The molecule has 0 spiro atoms. The fourth-order valence-electron chi connectivity index (χ4n) is 2.76. The van der Waals surface area contributed by atoms with Crippen molar-refractivity contribution in [2.75, 3.05) is 0 Å². The number of carboxylic acid groups (broad SMARTS) is 1. The van der Waals surface area contributed by atoms with E-state index in [9.17, 15) is 9.90 Å². The molecule has 0 aliphatic heterocycles. The predicted molar refractivity (Wildman–Crippen MR) is 99.8 cm³/mol. The minimum atomic E-state index is -1.18. The molecule has 0 amide bonds. The van der Waals surface area contributed by atoms with E-state index >= 15 is 0 Å². The molecule has 0 bridgehead atoms. The van der Waals surface area contributed by atoms with Gasteiger partial charge in [-0.1, -0.05) is 50.8 Å². The molecule has 0 saturated carbocycles. The molecule has 4 nitrogen and oxygen atoms in total. The van der Waals surface area contributed by atoms with Crippen LogP contribution in [0, 0.1) is 0 Å². The highest BCUT2D eigenvalue weighted by Crippen LogP contribution is 2.25. The van der Waals surface area contributed by atoms with Crippen LogP contribution in [0.2, 0.25) is 0 Å². The van der Waals surface area contributed by atoms with Crippen LogP contribution in [0.25, 0.3) is 10.9 Å². The number of benzene rings is 1. The molecule has 1 atom stereocenters. The van der Waals surface area contributed by atoms with Crippen LogP contribution < -0.4 is 5.73 Å². The van der Waals surface area contributed by atoms with Gasteiger partial charge in [-0.3, -0.25) is 4.79 Å². The number of H-pyrrole nitrogens is 1. The van der Waals surface area contributed by atoms with Gasteiger partial charge in [-0.2, -0.15) is 0 Å². The third-order valence-corrected chi connectivity index (χ3v) is 4.08. The lowest BCUT2D eigenvalue weighted by Crippen LogP contribution is -2.49. The molecule has 6 heteroatoms. The Kier molecular flexibility index (Phi) is 9.28. The van der Waals surface area contributed by atoms with Gasteiger partial charge < -0.3 is 15.8 Å². The number of rotatable bonds is 8. The van der Waals surface area contributed by atoms with E-state index in [-0.39, 0.29) is 24.8 Å². The molecule has 1 unspecified atom stereocenters. The maximum atomic E-state index is 11.6. The van der Waals surface area contributed by atoms with E-state index in [0.29, 0.717) is 12.8 Å². The summed E-state index contributed by atoms with van der Waals surface area (Å²) >= 11 is 0. The first-order valence-corrected chi connectivity index (χ1v) is 7.64. The highest BCUT2D eigenvalue weighted by Gasteiger charge is 2.34. The second-order valence-corrected chi connectivity index (χ2v) is 5.81. The van der Waals surface area contributed by atoms with Crippen molar-refractivity contribution in [2.24, 2.45) is 5.73 Å². The predicted octanol–water partition coefficient (Wildman–Crippen LogP) is 4.31. The van der Waals surface area contributed by atoms with Gasteiger partial charge >= 0.3 is 5.97 Å². The average Bonchev–Trinajstić information content (AvgIpc) is 2.87. The van der Waals surface area contributed by atoms with E-state index in [0.717, 1.165) is 42.1 Å².